The van der Waals surface area contributed by atoms with E-state index < -0.39 is 6.10 Å². The fourth-order valence-electron chi connectivity index (χ4n) is 3.04. The van der Waals surface area contributed by atoms with E-state index in [0.717, 1.165) is 0 Å². The zero-order chi connectivity index (χ0) is 24.0. The molecule has 0 aliphatic rings. The normalized spacial score (nSPS) is 11.7. The maximum atomic E-state index is 12.6. The van der Waals surface area contributed by atoms with Gasteiger partial charge < -0.3 is 24.1 Å². The van der Waals surface area contributed by atoms with Gasteiger partial charge in [0.25, 0.3) is 0 Å². The summed E-state index contributed by atoms with van der Waals surface area (Å²) in [7, 11) is 3.10. The molecule has 3 rings (SSSR count). The van der Waals surface area contributed by atoms with Crippen LogP contribution in [0, 0.1) is 0 Å². The molecule has 0 saturated carbocycles. The molecule has 1 N–H and O–H groups in total. The molecule has 1 amide bonds. The average Bonchev–Trinajstić information content (AvgIpc) is 3.23. The lowest BCUT2D eigenvalue weighted by Crippen LogP contribution is -2.16. The SMILES string of the molecule is CCn1c(SCC(=O)Nc2cc(OC)ccc2OC)nnc1C(C)Oc1cc(Cl)ccc1Cl. The minimum absolute atomic E-state index is 0.133. The predicted octanol–water partition coefficient (Wildman–Crippen LogP) is 5.49. The van der Waals surface area contributed by atoms with Crippen molar-refractivity contribution < 1.29 is 19.0 Å². The monoisotopic (exact) mass is 510 g/mol. The lowest BCUT2D eigenvalue weighted by Gasteiger charge is -2.16. The second-order valence-corrected chi connectivity index (χ2v) is 8.61. The van der Waals surface area contributed by atoms with Gasteiger partial charge in [-0.1, -0.05) is 35.0 Å². The molecule has 3 aromatic rings. The van der Waals surface area contributed by atoms with E-state index in [1.165, 1.54) is 18.9 Å². The number of hydrogen-bond acceptors (Lipinski definition) is 7. The van der Waals surface area contributed by atoms with Crippen LogP contribution in [0.5, 0.6) is 17.2 Å². The zero-order valence-electron chi connectivity index (χ0n) is 18.6. The number of benzene rings is 2. The molecule has 8 nitrogen and oxygen atoms in total. The summed E-state index contributed by atoms with van der Waals surface area (Å²) in [5.41, 5.74) is 0.528. The standard InChI is InChI=1S/C22H24Cl2N4O4S/c1-5-28-21(13(2)32-19-10-14(23)6-8-16(19)24)26-27-22(28)33-12-20(29)25-17-11-15(30-3)7-9-18(17)31-4/h6-11,13H,5,12H2,1-4H3,(H,25,29). The maximum Gasteiger partial charge on any atom is 0.234 e. The summed E-state index contributed by atoms with van der Waals surface area (Å²) in [5, 5.41) is 12.9. The molecule has 0 bridgehead atoms. The van der Waals surface area contributed by atoms with Crippen LogP contribution in [0.15, 0.2) is 41.6 Å². The van der Waals surface area contributed by atoms with Crippen molar-refractivity contribution in [3.8, 4) is 17.2 Å². The Balaban J connectivity index is 1.68. The molecule has 11 heteroatoms. The van der Waals surface area contributed by atoms with Crippen molar-refractivity contribution in [2.45, 2.75) is 31.7 Å². The molecule has 1 heterocycles. The molecule has 0 spiro atoms. The van der Waals surface area contributed by atoms with Crippen LogP contribution in [-0.4, -0.2) is 40.6 Å². The van der Waals surface area contributed by atoms with Gasteiger partial charge in [0, 0.05) is 23.7 Å². The first-order valence-corrected chi connectivity index (χ1v) is 11.8. The van der Waals surface area contributed by atoms with Crippen molar-refractivity contribution in [3.63, 3.8) is 0 Å². The van der Waals surface area contributed by atoms with E-state index in [2.05, 4.69) is 15.5 Å². The highest BCUT2D eigenvalue weighted by atomic mass is 35.5. The molecule has 2 aromatic carbocycles. The van der Waals surface area contributed by atoms with Crippen LogP contribution in [0.2, 0.25) is 10.0 Å². The lowest BCUT2D eigenvalue weighted by atomic mass is 10.2. The van der Waals surface area contributed by atoms with Crippen molar-refractivity contribution in [3.05, 3.63) is 52.3 Å². The van der Waals surface area contributed by atoms with E-state index in [1.807, 2.05) is 18.4 Å². The van der Waals surface area contributed by atoms with E-state index in [4.69, 9.17) is 37.4 Å². The van der Waals surface area contributed by atoms with Crippen molar-refractivity contribution in [1.29, 1.82) is 0 Å². The summed E-state index contributed by atoms with van der Waals surface area (Å²) in [4.78, 5) is 12.6. The number of ether oxygens (including phenoxy) is 3. The van der Waals surface area contributed by atoms with Crippen LogP contribution < -0.4 is 19.5 Å². The number of carbonyl (C=O) groups is 1. The predicted molar refractivity (Wildman–Crippen MR) is 130 cm³/mol. The number of methoxy groups -OCH3 is 2. The van der Waals surface area contributed by atoms with E-state index in [1.54, 1.807) is 43.5 Å². The van der Waals surface area contributed by atoms with Gasteiger partial charge in [-0.25, -0.2) is 0 Å². The topological polar surface area (TPSA) is 87.5 Å². The average molecular weight is 511 g/mol. The van der Waals surface area contributed by atoms with E-state index in [9.17, 15) is 4.79 Å². The number of anilines is 1. The van der Waals surface area contributed by atoms with Gasteiger partial charge in [-0.05, 0) is 38.1 Å². The molecule has 1 aromatic heterocycles. The van der Waals surface area contributed by atoms with Gasteiger partial charge in [0.15, 0.2) is 17.1 Å². The Morgan fingerprint density at radius 2 is 1.91 bits per heavy atom. The second kappa shape index (κ2) is 11.5. The quantitative estimate of drug-likeness (QED) is 0.360. The van der Waals surface area contributed by atoms with Crippen LogP contribution in [0.25, 0.3) is 0 Å². The summed E-state index contributed by atoms with van der Waals surface area (Å²) in [6, 6.07) is 10.2. The summed E-state index contributed by atoms with van der Waals surface area (Å²) >= 11 is 13.5. The number of carbonyl (C=O) groups excluding carboxylic acids is 1. The third-order valence-corrected chi connectivity index (χ3v) is 6.15. The molecule has 33 heavy (non-hydrogen) atoms. The highest BCUT2D eigenvalue weighted by Gasteiger charge is 2.20. The minimum atomic E-state index is -0.433. The number of hydrogen-bond donors (Lipinski definition) is 1. The van der Waals surface area contributed by atoms with Gasteiger partial charge >= 0.3 is 0 Å². The van der Waals surface area contributed by atoms with Crippen LogP contribution in [0.4, 0.5) is 5.69 Å². The van der Waals surface area contributed by atoms with E-state index in [-0.39, 0.29) is 11.7 Å². The smallest absolute Gasteiger partial charge is 0.234 e. The van der Waals surface area contributed by atoms with Gasteiger partial charge in [-0.15, -0.1) is 10.2 Å². The number of thioether (sulfide) groups is 1. The first-order chi connectivity index (χ1) is 15.9. The van der Waals surface area contributed by atoms with Gasteiger partial charge in [0.1, 0.15) is 17.2 Å². The minimum Gasteiger partial charge on any atom is -0.497 e. The first-order valence-electron chi connectivity index (χ1n) is 10.1. The van der Waals surface area contributed by atoms with E-state index >= 15 is 0 Å². The van der Waals surface area contributed by atoms with Crippen LogP contribution in [0.3, 0.4) is 0 Å². The molecular formula is C22H24Cl2N4O4S. The molecule has 1 atom stereocenters. The Kier molecular flexibility index (Phi) is 8.71. The van der Waals surface area contributed by atoms with E-state index in [0.29, 0.717) is 50.5 Å². The summed E-state index contributed by atoms with van der Waals surface area (Å²) in [5.74, 6) is 2.15. The molecular weight excluding hydrogens is 487 g/mol. The fraction of sp³-hybridized carbons (Fsp3) is 0.318. The second-order valence-electron chi connectivity index (χ2n) is 6.82. The number of amides is 1. The number of rotatable bonds is 10. The molecule has 0 aliphatic carbocycles. The van der Waals surface area contributed by atoms with Gasteiger partial charge in [-0.3, -0.25) is 4.79 Å². The fourth-order valence-corrected chi connectivity index (χ4v) is 4.18. The molecule has 0 radical (unpaired) electrons. The molecule has 1 unspecified atom stereocenters. The molecule has 0 saturated heterocycles. The number of nitrogens with one attached hydrogen (secondary N) is 1. The van der Waals surface area contributed by atoms with Crippen LogP contribution >= 0.6 is 35.0 Å². The Morgan fingerprint density at radius 3 is 2.61 bits per heavy atom. The van der Waals surface area contributed by atoms with Crippen LogP contribution in [0.1, 0.15) is 25.8 Å². The Hall–Kier alpha value is -2.62. The number of aromatic nitrogens is 3. The summed E-state index contributed by atoms with van der Waals surface area (Å²) in [6.45, 7) is 4.42. The van der Waals surface area contributed by atoms with Gasteiger partial charge in [0.05, 0.1) is 30.7 Å². The summed E-state index contributed by atoms with van der Waals surface area (Å²) in [6.07, 6.45) is -0.433. The Labute approximate surface area is 206 Å². The third-order valence-electron chi connectivity index (χ3n) is 4.64. The summed E-state index contributed by atoms with van der Waals surface area (Å²) < 4.78 is 18.4. The Morgan fingerprint density at radius 1 is 1.12 bits per heavy atom. The van der Waals surface area contributed by atoms with Crippen molar-refractivity contribution in [2.75, 3.05) is 25.3 Å². The zero-order valence-corrected chi connectivity index (χ0v) is 20.9. The van der Waals surface area contributed by atoms with Crippen LogP contribution in [-0.2, 0) is 11.3 Å². The van der Waals surface area contributed by atoms with Crippen molar-refractivity contribution >= 4 is 46.6 Å². The molecule has 0 aliphatic heterocycles. The largest absolute Gasteiger partial charge is 0.497 e. The highest BCUT2D eigenvalue weighted by molar-refractivity contribution is 7.99. The van der Waals surface area contributed by atoms with Crippen molar-refractivity contribution in [1.82, 2.24) is 14.8 Å². The highest BCUT2D eigenvalue weighted by Crippen LogP contribution is 2.32. The first kappa shape index (κ1) is 25.0. The van der Waals surface area contributed by atoms with Crippen molar-refractivity contribution in [2.24, 2.45) is 0 Å². The third kappa shape index (κ3) is 6.25. The number of halogens is 2. The van der Waals surface area contributed by atoms with Gasteiger partial charge in [-0.2, -0.15) is 0 Å². The van der Waals surface area contributed by atoms with Gasteiger partial charge in [0.2, 0.25) is 5.91 Å². The number of nitrogens with zero attached hydrogens (tertiary/aromatic N) is 3. The molecule has 176 valence electrons. The lowest BCUT2D eigenvalue weighted by molar-refractivity contribution is -0.113. The molecule has 0 fully saturated rings. The Bertz CT molecular complexity index is 1130. The maximum absolute atomic E-state index is 12.6.